The van der Waals surface area contributed by atoms with E-state index in [0.717, 1.165) is 0 Å². The molecule has 0 aromatic heterocycles. The summed E-state index contributed by atoms with van der Waals surface area (Å²) in [6.07, 6.45) is 0. The van der Waals surface area contributed by atoms with Crippen molar-refractivity contribution in [3.63, 3.8) is 0 Å². The van der Waals surface area contributed by atoms with Gasteiger partial charge < -0.3 is 5.11 Å². The van der Waals surface area contributed by atoms with Gasteiger partial charge in [0.1, 0.15) is 0 Å². The summed E-state index contributed by atoms with van der Waals surface area (Å²) in [5.41, 5.74) is 3.41. The molecule has 0 spiro atoms. The van der Waals surface area contributed by atoms with Gasteiger partial charge in [-0.1, -0.05) is 18.2 Å². The monoisotopic (exact) mass is 256 g/mol. The molecular weight excluding hydrogens is 244 g/mol. The third-order valence-corrected chi connectivity index (χ3v) is 2.16. The SMILES string of the molecule is N#Cc1ccc(C(=O)O)cc1.ONc1ccccc1. The van der Waals surface area contributed by atoms with Gasteiger partial charge in [0.15, 0.2) is 0 Å². The molecule has 5 nitrogen and oxygen atoms in total. The molecule has 0 bridgehead atoms. The largest absolute Gasteiger partial charge is 0.478 e. The van der Waals surface area contributed by atoms with Crippen LogP contribution in [0.1, 0.15) is 15.9 Å². The van der Waals surface area contributed by atoms with Gasteiger partial charge in [0, 0.05) is 0 Å². The van der Waals surface area contributed by atoms with Crippen LogP contribution in [0.5, 0.6) is 0 Å². The molecule has 19 heavy (non-hydrogen) atoms. The van der Waals surface area contributed by atoms with Crippen LogP contribution in [0.25, 0.3) is 0 Å². The Morgan fingerprint density at radius 1 is 1.05 bits per heavy atom. The van der Waals surface area contributed by atoms with Crippen molar-refractivity contribution in [3.8, 4) is 6.07 Å². The van der Waals surface area contributed by atoms with Crippen LogP contribution < -0.4 is 5.48 Å². The molecule has 5 heteroatoms. The first-order valence-electron chi connectivity index (χ1n) is 5.36. The second-order valence-electron chi connectivity index (χ2n) is 3.47. The molecule has 2 aromatic rings. The molecule has 0 unspecified atom stereocenters. The van der Waals surface area contributed by atoms with Gasteiger partial charge in [-0.15, -0.1) is 0 Å². The van der Waals surface area contributed by atoms with E-state index in [2.05, 4.69) is 0 Å². The minimum absolute atomic E-state index is 0.198. The molecule has 2 aromatic carbocycles. The Hall–Kier alpha value is -2.84. The van der Waals surface area contributed by atoms with Gasteiger partial charge in [-0.2, -0.15) is 5.26 Å². The lowest BCUT2D eigenvalue weighted by Crippen LogP contribution is -1.94. The topological polar surface area (TPSA) is 93.4 Å². The lowest BCUT2D eigenvalue weighted by atomic mass is 10.1. The van der Waals surface area contributed by atoms with E-state index in [9.17, 15) is 4.79 Å². The van der Waals surface area contributed by atoms with Crippen molar-refractivity contribution in [1.29, 1.82) is 5.26 Å². The zero-order chi connectivity index (χ0) is 14.1. The highest BCUT2D eigenvalue weighted by Crippen LogP contribution is 2.02. The van der Waals surface area contributed by atoms with Crippen molar-refractivity contribution in [3.05, 3.63) is 65.7 Å². The Morgan fingerprint density at radius 3 is 2.00 bits per heavy atom. The lowest BCUT2D eigenvalue weighted by Gasteiger charge is -1.92. The third kappa shape index (κ3) is 4.89. The number of para-hydroxylation sites is 1. The standard InChI is InChI=1S/C8H5NO2.C6H7NO/c9-5-6-1-3-7(4-2-6)8(10)11;8-7-6-4-2-1-3-5-6/h1-4H,(H,10,11);1-5,7-8H. The maximum Gasteiger partial charge on any atom is 0.335 e. The quantitative estimate of drug-likeness (QED) is 0.718. The Labute approximate surface area is 110 Å². The fraction of sp³-hybridized carbons (Fsp3) is 0. The molecule has 96 valence electrons. The molecule has 0 aliphatic rings. The molecule has 0 amide bonds. The van der Waals surface area contributed by atoms with Crippen LogP contribution in [0.15, 0.2) is 54.6 Å². The van der Waals surface area contributed by atoms with Crippen molar-refractivity contribution in [1.82, 2.24) is 0 Å². The Balaban J connectivity index is 0.000000200. The van der Waals surface area contributed by atoms with Crippen LogP contribution in [0, 0.1) is 11.3 Å². The number of carboxylic acid groups (broad SMARTS) is 1. The van der Waals surface area contributed by atoms with Gasteiger partial charge in [0.05, 0.1) is 22.9 Å². The van der Waals surface area contributed by atoms with E-state index in [1.165, 1.54) is 24.3 Å². The Bertz CT molecular complexity index is 559. The number of benzene rings is 2. The van der Waals surface area contributed by atoms with Gasteiger partial charge in [0.25, 0.3) is 0 Å². The maximum absolute atomic E-state index is 10.3. The maximum atomic E-state index is 10.3. The van der Waals surface area contributed by atoms with Crippen LogP contribution in [0.3, 0.4) is 0 Å². The predicted molar refractivity (Wildman–Crippen MR) is 70.0 cm³/mol. The summed E-state index contributed by atoms with van der Waals surface area (Å²) < 4.78 is 0. The molecular formula is C14H12N2O3. The van der Waals surface area contributed by atoms with E-state index in [4.69, 9.17) is 15.6 Å². The summed E-state index contributed by atoms with van der Waals surface area (Å²) in [6, 6.07) is 16.8. The highest BCUT2D eigenvalue weighted by atomic mass is 16.5. The predicted octanol–water partition coefficient (Wildman–Crippen LogP) is 2.74. The summed E-state index contributed by atoms with van der Waals surface area (Å²) in [7, 11) is 0. The summed E-state index contributed by atoms with van der Waals surface area (Å²) >= 11 is 0. The van der Waals surface area contributed by atoms with Crippen LogP contribution in [-0.4, -0.2) is 16.3 Å². The summed E-state index contributed by atoms with van der Waals surface area (Å²) in [4.78, 5) is 10.3. The molecule has 3 N–H and O–H groups in total. The fourth-order valence-corrected chi connectivity index (χ4v) is 1.20. The van der Waals surface area contributed by atoms with Gasteiger partial charge in [0.2, 0.25) is 0 Å². The molecule has 0 saturated heterocycles. The summed E-state index contributed by atoms with van der Waals surface area (Å²) in [6.45, 7) is 0. The fourth-order valence-electron chi connectivity index (χ4n) is 1.20. The smallest absolute Gasteiger partial charge is 0.335 e. The van der Waals surface area contributed by atoms with Crippen molar-refractivity contribution in [2.75, 3.05) is 5.48 Å². The number of carbonyl (C=O) groups is 1. The normalized spacial score (nSPS) is 8.63. The minimum atomic E-state index is -0.977. The number of anilines is 1. The molecule has 0 fully saturated rings. The van der Waals surface area contributed by atoms with Gasteiger partial charge in [-0.3, -0.25) is 10.7 Å². The van der Waals surface area contributed by atoms with E-state index in [-0.39, 0.29) is 5.56 Å². The van der Waals surface area contributed by atoms with Crippen molar-refractivity contribution < 1.29 is 15.1 Å². The number of nitrogens with one attached hydrogen (secondary N) is 1. The number of carboxylic acids is 1. The summed E-state index contributed by atoms with van der Waals surface area (Å²) in [5.74, 6) is -0.977. The average Bonchev–Trinajstić information content (AvgIpc) is 2.48. The van der Waals surface area contributed by atoms with Crippen molar-refractivity contribution in [2.45, 2.75) is 0 Å². The Morgan fingerprint density at radius 2 is 1.63 bits per heavy atom. The van der Waals surface area contributed by atoms with Crippen LogP contribution in [0.2, 0.25) is 0 Å². The molecule has 0 atom stereocenters. The van der Waals surface area contributed by atoms with E-state index in [0.29, 0.717) is 11.3 Å². The lowest BCUT2D eigenvalue weighted by molar-refractivity contribution is 0.0697. The van der Waals surface area contributed by atoms with Gasteiger partial charge in [-0.25, -0.2) is 4.79 Å². The number of hydrogen-bond donors (Lipinski definition) is 3. The van der Waals surface area contributed by atoms with E-state index >= 15 is 0 Å². The highest BCUT2D eigenvalue weighted by Gasteiger charge is 1.99. The number of nitrogens with zero attached hydrogens (tertiary/aromatic N) is 1. The van der Waals surface area contributed by atoms with Gasteiger partial charge in [-0.05, 0) is 36.4 Å². The molecule has 2 rings (SSSR count). The zero-order valence-electron chi connectivity index (χ0n) is 9.95. The second kappa shape index (κ2) is 7.48. The van der Waals surface area contributed by atoms with Crippen LogP contribution >= 0.6 is 0 Å². The average molecular weight is 256 g/mol. The number of nitriles is 1. The highest BCUT2D eigenvalue weighted by molar-refractivity contribution is 5.87. The molecule has 0 aliphatic carbocycles. The van der Waals surface area contributed by atoms with Gasteiger partial charge >= 0.3 is 5.97 Å². The molecule has 0 saturated carbocycles. The van der Waals surface area contributed by atoms with E-state index in [1.807, 2.05) is 29.7 Å². The van der Waals surface area contributed by atoms with Crippen molar-refractivity contribution >= 4 is 11.7 Å². The van der Waals surface area contributed by atoms with E-state index < -0.39 is 5.97 Å². The summed E-state index contributed by atoms with van der Waals surface area (Å²) in [5, 5.41) is 25.1. The van der Waals surface area contributed by atoms with E-state index in [1.54, 1.807) is 12.1 Å². The van der Waals surface area contributed by atoms with Crippen molar-refractivity contribution in [2.24, 2.45) is 0 Å². The Kier molecular flexibility index (Phi) is 5.60. The van der Waals surface area contributed by atoms with Crippen LogP contribution in [-0.2, 0) is 0 Å². The first kappa shape index (κ1) is 14.2. The molecule has 0 aliphatic heterocycles. The second-order valence-corrected chi connectivity index (χ2v) is 3.47. The zero-order valence-corrected chi connectivity index (χ0v) is 9.95. The number of hydrogen-bond acceptors (Lipinski definition) is 4. The van der Waals surface area contributed by atoms with Crippen LogP contribution in [0.4, 0.5) is 5.69 Å². The number of rotatable bonds is 2. The molecule has 0 heterocycles. The first-order valence-corrected chi connectivity index (χ1v) is 5.36. The first-order chi connectivity index (χ1) is 9.17. The number of aromatic carboxylic acids is 1. The molecule has 0 radical (unpaired) electrons. The third-order valence-electron chi connectivity index (χ3n) is 2.16. The minimum Gasteiger partial charge on any atom is -0.478 e.